The van der Waals surface area contributed by atoms with Crippen molar-refractivity contribution in [1.82, 2.24) is 9.88 Å². The van der Waals surface area contributed by atoms with E-state index in [1.54, 1.807) is 0 Å². The van der Waals surface area contributed by atoms with Crippen molar-refractivity contribution in [3.8, 4) is 0 Å². The number of hydrogen-bond donors (Lipinski definition) is 2. The van der Waals surface area contributed by atoms with Gasteiger partial charge in [0.15, 0.2) is 0 Å². The Balaban J connectivity index is 2.22. The maximum atomic E-state index is 11.9. The number of nitrogens with one attached hydrogen (secondary N) is 1. The first-order chi connectivity index (χ1) is 10.0. The topological polar surface area (TPSA) is 77.1 Å². The van der Waals surface area contributed by atoms with Crippen LogP contribution in [0.2, 0.25) is 0 Å². The predicted molar refractivity (Wildman–Crippen MR) is 80.7 cm³/mol. The monoisotopic (exact) mass is 285 g/mol. The van der Waals surface area contributed by atoms with Crippen molar-refractivity contribution in [2.75, 3.05) is 6.54 Å². The van der Waals surface area contributed by atoms with Gasteiger partial charge in [0.05, 0.1) is 6.04 Å². The molecule has 110 valence electrons. The summed E-state index contributed by atoms with van der Waals surface area (Å²) in [5, 5.41) is 4.49. The fourth-order valence-corrected chi connectivity index (χ4v) is 3.47. The average Bonchev–Trinajstić information content (AvgIpc) is 2.73. The Kier molecular flexibility index (Phi) is 3.29. The van der Waals surface area contributed by atoms with Gasteiger partial charge in [-0.3, -0.25) is 9.59 Å². The first-order valence-electron chi connectivity index (χ1n) is 7.11. The summed E-state index contributed by atoms with van der Waals surface area (Å²) in [6, 6.07) is 7.80. The molecule has 0 aliphatic carbocycles. The maximum absolute atomic E-state index is 11.9. The number of fused-ring (bicyclic) bond motifs is 3. The first-order valence-corrected chi connectivity index (χ1v) is 7.11. The molecule has 3 N–H and O–H groups in total. The molecule has 0 fully saturated rings. The van der Waals surface area contributed by atoms with Crippen LogP contribution in [0.1, 0.15) is 24.2 Å². The molecular weight excluding hydrogens is 266 g/mol. The van der Waals surface area contributed by atoms with Crippen molar-refractivity contribution in [1.29, 1.82) is 0 Å². The zero-order valence-electron chi connectivity index (χ0n) is 12.2. The standard InChI is InChI=1S/C16H19N3O2/c1-9(20)13(16(17)21)14-15-11(7-8-18-14)10-5-3-4-6-12(10)19(15)2/h3-6,13-14,18H,7-8H2,1-2H3,(H2,17,21). The van der Waals surface area contributed by atoms with E-state index in [1.807, 2.05) is 19.2 Å². The Hall–Kier alpha value is -2.14. The smallest absolute Gasteiger partial charge is 0.230 e. The van der Waals surface area contributed by atoms with Gasteiger partial charge < -0.3 is 15.6 Å². The van der Waals surface area contributed by atoms with Gasteiger partial charge >= 0.3 is 0 Å². The number of hydrogen-bond acceptors (Lipinski definition) is 3. The van der Waals surface area contributed by atoms with Crippen LogP contribution in [0.3, 0.4) is 0 Å². The van der Waals surface area contributed by atoms with Crippen molar-refractivity contribution in [3.63, 3.8) is 0 Å². The van der Waals surface area contributed by atoms with Crippen molar-refractivity contribution < 1.29 is 9.59 Å². The van der Waals surface area contributed by atoms with Gasteiger partial charge in [-0.25, -0.2) is 0 Å². The Morgan fingerprint density at radius 1 is 1.38 bits per heavy atom. The molecule has 1 aliphatic heterocycles. The summed E-state index contributed by atoms with van der Waals surface area (Å²) < 4.78 is 2.07. The van der Waals surface area contributed by atoms with Gasteiger partial charge in [0.1, 0.15) is 11.7 Å². The minimum Gasteiger partial charge on any atom is -0.369 e. The van der Waals surface area contributed by atoms with Crippen LogP contribution < -0.4 is 11.1 Å². The number of carbonyl (C=O) groups excluding carboxylic acids is 2. The molecule has 2 unspecified atom stereocenters. The van der Waals surface area contributed by atoms with E-state index >= 15 is 0 Å². The molecule has 1 amide bonds. The first kappa shape index (κ1) is 13.8. The van der Waals surface area contributed by atoms with Gasteiger partial charge in [0, 0.05) is 23.6 Å². The van der Waals surface area contributed by atoms with Gasteiger partial charge in [-0.05, 0) is 31.5 Å². The summed E-state index contributed by atoms with van der Waals surface area (Å²) in [5.74, 6) is -1.59. The number of aromatic nitrogens is 1. The van der Waals surface area contributed by atoms with E-state index in [2.05, 4.69) is 22.0 Å². The molecule has 5 nitrogen and oxygen atoms in total. The van der Waals surface area contributed by atoms with Crippen LogP contribution in [-0.4, -0.2) is 22.8 Å². The number of ketones is 1. The molecule has 3 rings (SSSR count). The lowest BCUT2D eigenvalue weighted by Gasteiger charge is -2.30. The minimum absolute atomic E-state index is 0.196. The summed E-state index contributed by atoms with van der Waals surface area (Å²) >= 11 is 0. The number of benzene rings is 1. The molecule has 2 heterocycles. The van der Waals surface area contributed by atoms with Gasteiger partial charge in [0.2, 0.25) is 5.91 Å². The van der Waals surface area contributed by atoms with Crippen molar-refractivity contribution >= 4 is 22.6 Å². The van der Waals surface area contributed by atoms with Crippen molar-refractivity contribution in [2.45, 2.75) is 19.4 Å². The molecule has 0 bridgehead atoms. The highest BCUT2D eigenvalue weighted by molar-refractivity contribution is 6.01. The lowest BCUT2D eigenvalue weighted by molar-refractivity contribution is -0.132. The summed E-state index contributed by atoms with van der Waals surface area (Å²) in [6.07, 6.45) is 0.885. The van der Waals surface area contributed by atoms with Crippen molar-refractivity contribution in [3.05, 3.63) is 35.5 Å². The van der Waals surface area contributed by atoms with Gasteiger partial charge in [-0.2, -0.15) is 0 Å². The average molecular weight is 285 g/mol. The normalized spacial score (nSPS) is 19.2. The van der Waals surface area contributed by atoms with Crippen molar-refractivity contribution in [2.24, 2.45) is 18.7 Å². The third kappa shape index (κ3) is 2.05. The van der Waals surface area contributed by atoms with Gasteiger partial charge in [-0.1, -0.05) is 18.2 Å². The quantitative estimate of drug-likeness (QED) is 0.828. The number of nitrogens with zero attached hydrogens (tertiary/aromatic N) is 1. The number of rotatable bonds is 3. The van der Waals surface area contributed by atoms with Crippen LogP contribution >= 0.6 is 0 Å². The molecule has 0 saturated heterocycles. The van der Waals surface area contributed by atoms with E-state index in [4.69, 9.17) is 5.73 Å². The Bertz CT molecular complexity index is 718. The SMILES string of the molecule is CC(=O)C(C(N)=O)C1NCCc2c1n(C)c1ccccc21. The molecule has 1 aliphatic rings. The summed E-state index contributed by atoms with van der Waals surface area (Å²) in [4.78, 5) is 23.6. The van der Waals surface area contributed by atoms with E-state index < -0.39 is 11.8 Å². The van der Waals surface area contributed by atoms with Crippen LogP contribution in [0.15, 0.2) is 24.3 Å². The van der Waals surface area contributed by atoms with E-state index in [0.29, 0.717) is 0 Å². The summed E-state index contributed by atoms with van der Waals surface area (Å²) in [6.45, 7) is 2.16. The third-order valence-electron chi connectivity index (χ3n) is 4.37. The minimum atomic E-state index is -0.827. The van der Waals surface area contributed by atoms with Crippen LogP contribution in [0.25, 0.3) is 10.9 Å². The van der Waals surface area contributed by atoms with Crippen LogP contribution in [-0.2, 0) is 23.1 Å². The van der Waals surface area contributed by atoms with Gasteiger partial charge in [0.25, 0.3) is 0 Å². The lowest BCUT2D eigenvalue weighted by atomic mass is 9.87. The third-order valence-corrected chi connectivity index (χ3v) is 4.37. The molecule has 0 saturated carbocycles. The zero-order valence-corrected chi connectivity index (χ0v) is 12.2. The molecule has 2 aromatic rings. The predicted octanol–water partition coefficient (Wildman–Crippen LogP) is 1.06. The van der Waals surface area contributed by atoms with E-state index in [0.717, 1.165) is 24.2 Å². The largest absolute Gasteiger partial charge is 0.369 e. The number of aryl methyl sites for hydroxylation is 1. The molecule has 2 atom stereocenters. The molecule has 1 aromatic carbocycles. The second kappa shape index (κ2) is 5.00. The van der Waals surface area contributed by atoms with E-state index in [9.17, 15) is 9.59 Å². The Labute approximate surface area is 123 Å². The lowest BCUT2D eigenvalue weighted by Crippen LogP contribution is -2.44. The fourth-order valence-electron chi connectivity index (χ4n) is 3.47. The Morgan fingerprint density at radius 2 is 2.10 bits per heavy atom. The van der Waals surface area contributed by atoms with Crippen LogP contribution in [0.4, 0.5) is 0 Å². The number of Topliss-reactive ketones (excluding diaryl/α,β-unsaturated/α-hetero) is 1. The van der Waals surface area contributed by atoms with Gasteiger partial charge in [-0.15, -0.1) is 0 Å². The van der Waals surface area contributed by atoms with E-state index in [-0.39, 0.29) is 11.8 Å². The summed E-state index contributed by atoms with van der Waals surface area (Å²) in [7, 11) is 1.97. The molecule has 0 radical (unpaired) electrons. The molecular formula is C16H19N3O2. The van der Waals surface area contributed by atoms with Crippen LogP contribution in [0, 0.1) is 5.92 Å². The fraction of sp³-hybridized carbons (Fsp3) is 0.375. The maximum Gasteiger partial charge on any atom is 0.230 e. The molecule has 0 spiro atoms. The number of nitrogens with two attached hydrogens (primary N) is 1. The van der Waals surface area contributed by atoms with Crippen LogP contribution in [0.5, 0.6) is 0 Å². The second-order valence-corrected chi connectivity index (χ2v) is 5.61. The molecule has 21 heavy (non-hydrogen) atoms. The molecule has 5 heteroatoms. The highest BCUT2D eigenvalue weighted by Gasteiger charge is 2.37. The highest BCUT2D eigenvalue weighted by atomic mass is 16.2. The second-order valence-electron chi connectivity index (χ2n) is 5.61. The number of para-hydroxylation sites is 1. The summed E-state index contributed by atoms with van der Waals surface area (Å²) in [5.41, 5.74) is 8.79. The number of amides is 1. The number of primary amides is 1. The molecule has 1 aromatic heterocycles. The highest BCUT2D eigenvalue weighted by Crippen LogP contribution is 2.35. The zero-order chi connectivity index (χ0) is 15.1. The Morgan fingerprint density at radius 3 is 2.76 bits per heavy atom. The van der Waals surface area contributed by atoms with E-state index in [1.165, 1.54) is 17.9 Å². The number of carbonyl (C=O) groups is 2.